The zero-order valence-electron chi connectivity index (χ0n) is 21.3. The second-order valence-electron chi connectivity index (χ2n) is 9.30. The Morgan fingerprint density at radius 2 is 0.769 bits per heavy atom. The normalized spacial score (nSPS) is 11.3. The highest BCUT2D eigenvalue weighted by molar-refractivity contribution is 5.53. The van der Waals surface area contributed by atoms with Crippen LogP contribution >= 0.6 is 0 Å². The molecule has 39 heavy (non-hydrogen) atoms. The van der Waals surface area contributed by atoms with Crippen molar-refractivity contribution in [2.75, 3.05) is 0 Å². The van der Waals surface area contributed by atoms with Crippen LogP contribution in [0.1, 0.15) is 55.6 Å². The molecule has 0 aliphatic carbocycles. The zero-order valence-corrected chi connectivity index (χ0v) is 21.3. The van der Waals surface area contributed by atoms with Gasteiger partial charge >= 0.3 is 6.18 Å². The molecule has 4 aromatic rings. The van der Waals surface area contributed by atoms with E-state index in [2.05, 4.69) is 19.7 Å². The van der Waals surface area contributed by atoms with E-state index in [0.717, 1.165) is 16.7 Å². The molecule has 0 fully saturated rings. The number of alkyl halides is 3. The molecule has 198 valence electrons. The molecule has 4 rings (SSSR count). The van der Waals surface area contributed by atoms with Gasteiger partial charge in [0.05, 0.1) is 5.56 Å². The van der Waals surface area contributed by atoms with Crippen LogP contribution < -0.4 is 0 Å². The summed E-state index contributed by atoms with van der Waals surface area (Å²) in [7, 11) is 0. The highest BCUT2D eigenvalue weighted by Gasteiger charge is 2.40. The largest absolute Gasteiger partial charge is 0.417 e. The molecule has 0 heterocycles. The Labute approximate surface area is 225 Å². The third-order valence-corrected chi connectivity index (χ3v) is 6.74. The van der Waals surface area contributed by atoms with Crippen LogP contribution in [-0.4, -0.2) is 0 Å². The van der Waals surface area contributed by atoms with E-state index in [0.29, 0.717) is 16.7 Å². The lowest BCUT2D eigenvalue weighted by molar-refractivity contribution is -0.139. The van der Waals surface area contributed by atoms with Crippen LogP contribution in [0.4, 0.5) is 22.0 Å². The molecule has 4 aromatic carbocycles. The van der Waals surface area contributed by atoms with Gasteiger partial charge in [-0.3, -0.25) is 0 Å². The van der Waals surface area contributed by atoms with E-state index < -0.39 is 34.5 Å². The molecule has 0 nitrogen and oxygen atoms in total. The summed E-state index contributed by atoms with van der Waals surface area (Å²) in [5.74, 6) is -2.35. The molecule has 0 saturated carbocycles. The van der Waals surface area contributed by atoms with Gasteiger partial charge in [0.15, 0.2) is 0 Å². The third kappa shape index (κ3) is 6.26. The number of hydrogen-bond acceptors (Lipinski definition) is 0. The van der Waals surface area contributed by atoms with Crippen molar-refractivity contribution in [3.8, 4) is 0 Å². The molecular weight excluding hydrogens is 503 g/mol. The van der Waals surface area contributed by atoms with Crippen molar-refractivity contribution in [1.82, 2.24) is 0 Å². The van der Waals surface area contributed by atoms with Gasteiger partial charge in [-0.1, -0.05) is 111 Å². The Balaban J connectivity index is 1.92. The molecule has 0 aliphatic rings. The van der Waals surface area contributed by atoms with E-state index in [1.165, 1.54) is 0 Å². The second-order valence-corrected chi connectivity index (χ2v) is 9.30. The van der Waals surface area contributed by atoms with Gasteiger partial charge in [0.1, 0.15) is 11.6 Å². The van der Waals surface area contributed by atoms with E-state index in [9.17, 15) is 13.2 Å². The molecule has 5 heteroatoms. The molecular formula is C34H27F5. The first-order valence-electron chi connectivity index (χ1n) is 12.4. The molecule has 0 aliphatic heterocycles. The number of hydrogen-bond donors (Lipinski definition) is 0. The predicted octanol–water partition coefficient (Wildman–Crippen LogP) is 9.68. The molecule has 0 N–H and O–H groups in total. The fourth-order valence-corrected chi connectivity index (χ4v) is 4.62. The number of halogens is 5. The molecule has 0 bridgehead atoms. The minimum absolute atomic E-state index is 0.196. The summed E-state index contributed by atoms with van der Waals surface area (Å²) in [6.07, 6.45) is -1.01. The first-order chi connectivity index (χ1) is 18.6. The van der Waals surface area contributed by atoms with Crippen LogP contribution in [-0.2, 0) is 25.4 Å². The Kier molecular flexibility index (Phi) is 8.29. The molecule has 0 amide bonds. The predicted molar refractivity (Wildman–Crippen MR) is 149 cm³/mol. The Morgan fingerprint density at radius 3 is 1.03 bits per heavy atom. The first kappa shape index (κ1) is 27.8. The maximum atomic E-state index is 16.0. The number of rotatable bonds is 9. The minimum atomic E-state index is -4.97. The van der Waals surface area contributed by atoms with Crippen LogP contribution in [0.15, 0.2) is 92.5 Å². The average Bonchev–Trinajstić information content (AvgIpc) is 2.94. The van der Waals surface area contributed by atoms with Gasteiger partial charge in [0, 0.05) is 36.0 Å². The monoisotopic (exact) mass is 530 g/mol. The van der Waals surface area contributed by atoms with E-state index in [1.807, 2.05) is 0 Å². The molecule has 0 unspecified atom stereocenters. The minimum Gasteiger partial charge on any atom is -0.206 e. The van der Waals surface area contributed by atoms with Gasteiger partial charge in [-0.2, -0.15) is 13.2 Å². The summed E-state index contributed by atoms with van der Waals surface area (Å²) in [4.78, 5) is 0. The van der Waals surface area contributed by atoms with Gasteiger partial charge in [0.2, 0.25) is 0 Å². The van der Waals surface area contributed by atoms with Crippen LogP contribution in [0.25, 0.3) is 18.2 Å². The smallest absolute Gasteiger partial charge is 0.206 e. The molecule has 0 saturated heterocycles. The molecule has 0 radical (unpaired) electrons. The van der Waals surface area contributed by atoms with Crippen molar-refractivity contribution in [1.29, 1.82) is 0 Å². The maximum absolute atomic E-state index is 16.0. The van der Waals surface area contributed by atoms with Crippen LogP contribution in [0.2, 0.25) is 0 Å². The van der Waals surface area contributed by atoms with E-state index in [1.54, 1.807) is 91.0 Å². The topological polar surface area (TPSA) is 0 Å². The zero-order chi connectivity index (χ0) is 28.2. The van der Waals surface area contributed by atoms with Crippen LogP contribution in [0.3, 0.4) is 0 Å². The Morgan fingerprint density at radius 1 is 0.487 bits per heavy atom. The van der Waals surface area contributed by atoms with Crippen molar-refractivity contribution >= 4 is 18.2 Å². The van der Waals surface area contributed by atoms with Crippen molar-refractivity contribution in [2.24, 2.45) is 0 Å². The average molecular weight is 531 g/mol. The standard InChI is InChI=1S/C34H27F5/c1-4-22-7-13-25(14-8-22)19-28-31(34(37,38)39)29(20-26-15-9-23(5-2)10-16-26)33(36)30(32(28)35)21-27-17-11-24(6-3)12-18-27/h4-18H,1-3,19-21H2. The van der Waals surface area contributed by atoms with Gasteiger partial charge in [0.25, 0.3) is 0 Å². The lowest BCUT2D eigenvalue weighted by Crippen LogP contribution is -2.20. The van der Waals surface area contributed by atoms with Crippen molar-refractivity contribution in [3.05, 3.63) is 160 Å². The fraction of sp³-hybridized carbons (Fsp3) is 0.118. The Hall–Kier alpha value is -4.25. The number of benzene rings is 4. The molecule has 0 atom stereocenters. The lowest BCUT2D eigenvalue weighted by Gasteiger charge is -2.22. The van der Waals surface area contributed by atoms with Crippen LogP contribution in [0.5, 0.6) is 0 Å². The van der Waals surface area contributed by atoms with Crippen molar-refractivity contribution in [3.63, 3.8) is 0 Å². The van der Waals surface area contributed by atoms with Gasteiger partial charge in [-0.05, 0) is 33.4 Å². The summed E-state index contributed by atoms with van der Waals surface area (Å²) in [5, 5.41) is 0. The van der Waals surface area contributed by atoms with Crippen molar-refractivity contribution in [2.45, 2.75) is 25.4 Å². The highest BCUT2D eigenvalue weighted by Crippen LogP contribution is 2.41. The first-order valence-corrected chi connectivity index (χ1v) is 12.4. The van der Waals surface area contributed by atoms with Gasteiger partial charge in [-0.25, -0.2) is 8.78 Å². The van der Waals surface area contributed by atoms with Gasteiger partial charge < -0.3 is 0 Å². The summed E-state index contributed by atoms with van der Waals surface area (Å²) >= 11 is 0. The maximum Gasteiger partial charge on any atom is 0.417 e. The van der Waals surface area contributed by atoms with E-state index in [4.69, 9.17) is 0 Å². The quantitative estimate of drug-likeness (QED) is 0.189. The fourth-order valence-electron chi connectivity index (χ4n) is 4.62. The van der Waals surface area contributed by atoms with Crippen molar-refractivity contribution < 1.29 is 22.0 Å². The van der Waals surface area contributed by atoms with Gasteiger partial charge in [-0.15, -0.1) is 0 Å². The van der Waals surface area contributed by atoms with E-state index in [-0.39, 0.29) is 24.8 Å². The third-order valence-electron chi connectivity index (χ3n) is 6.74. The Bertz CT molecular complexity index is 1410. The van der Waals surface area contributed by atoms with E-state index >= 15 is 8.78 Å². The van der Waals surface area contributed by atoms with Crippen LogP contribution in [0, 0.1) is 11.6 Å². The SMILES string of the molecule is C=Cc1ccc(Cc2c(F)c(Cc3ccc(C=C)cc3)c(C(F)(F)F)c(Cc3ccc(C=C)cc3)c2F)cc1. The summed E-state index contributed by atoms with van der Waals surface area (Å²) in [5.41, 5.74) is 1.12. The highest BCUT2D eigenvalue weighted by atomic mass is 19.4. The second kappa shape index (κ2) is 11.6. The summed E-state index contributed by atoms with van der Waals surface area (Å²) < 4.78 is 75.8. The molecule has 0 spiro atoms. The lowest BCUT2D eigenvalue weighted by atomic mass is 9.86. The summed E-state index contributed by atoms with van der Waals surface area (Å²) in [6, 6.07) is 20.2. The summed E-state index contributed by atoms with van der Waals surface area (Å²) in [6.45, 7) is 11.0. The molecule has 0 aromatic heterocycles.